The van der Waals surface area contributed by atoms with E-state index in [9.17, 15) is 18.0 Å². The highest BCUT2D eigenvalue weighted by molar-refractivity contribution is 7.96. The Balaban J connectivity index is 1.96. The van der Waals surface area contributed by atoms with Gasteiger partial charge < -0.3 is 4.42 Å². The van der Waals surface area contributed by atoms with E-state index in [2.05, 4.69) is 0 Å². The molecular formula is C25H18O5S. The number of carbonyl (C=O) groups is 1. The van der Waals surface area contributed by atoms with Crippen LogP contribution in [0.25, 0.3) is 17.0 Å². The van der Waals surface area contributed by atoms with E-state index in [-0.39, 0.29) is 16.0 Å². The van der Waals surface area contributed by atoms with Crippen molar-refractivity contribution in [1.29, 1.82) is 0 Å². The maximum atomic E-state index is 13.4. The summed E-state index contributed by atoms with van der Waals surface area (Å²) in [7, 11) is -4.19. The molecule has 5 nitrogen and oxygen atoms in total. The third kappa shape index (κ3) is 3.98. The Morgan fingerprint density at radius 3 is 2.23 bits per heavy atom. The Morgan fingerprint density at radius 2 is 1.55 bits per heavy atom. The smallest absolute Gasteiger partial charge is 0.210 e. The monoisotopic (exact) mass is 430 g/mol. The molecule has 6 heteroatoms. The molecule has 154 valence electrons. The predicted octanol–water partition coefficient (Wildman–Crippen LogP) is 4.80. The molecule has 1 heterocycles. The average molecular weight is 430 g/mol. The van der Waals surface area contributed by atoms with Crippen molar-refractivity contribution < 1.29 is 17.6 Å². The molecule has 31 heavy (non-hydrogen) atoms. The third-order valence-corrected chi connectivity index (χ3v) is 6.62. The van der Waals surface area contributed by atoms with E-state index in [1.165, 1.54) is 30.5 Å². The van der Waals surface area contributed by atoms with Crippen molar-refractivity contribution in [2.75, 3.05) is 0 Å². The number of aryl methyl sites for hydroxylation is 1. The van der Waals surface area contributed by atoms with Crippen LogP contribution >= 0.6 is 0 Å². The fraction of sp³-hybridized carbons (Fsp3) is 0.0400. The number of carbonyl (C=O) groups excluding carboxylic acids is 1. The van der Waals surface area contributed by atoms with Crippen LogP contribution in [-0.4, -0.2) is 14.2 Å². The van der Waals surface area contributed by atoms with Crippen molar-refractivity contribution in [1.82, 2.24) is 0 Å². The lowest BCUT2D eigenvalue weighted by atomic mass is 10.1. The molecule has 0 fully saturated rings. The normalized spacial score (nSPS) is 12.1. The summed E-state index contributed by atoms with van der Waals surface area (Å²) in [6.45, 7) is 1.84. The minimum atomic E-state index is -4.19. The molecule has 4 rings (SSSR count). The minimum absolute atomic E-state index is 0.0168. The zero-order valence-electron chi connectivity index (χ0n) is 16.6. The highest BCUT2D eigenvalue weighted by atomic mass is 32.2. The number of benzene rings is 3. The summed E-state index contributed by atoms with van der Waals surface area (Å²) in [6.07, 6.45) is 2.28. The molecule has 0 aliphatic carbocycles. The number of rotatable bonds is 5. The lowest BCUT2D eigenvalue weighted by Crippen LogP contribution is -2.16. The van der Waals surface area contributed by atoms with Gasteiger partial charge in [0.05, 0.1) is 15.8 Å². The molecule has 0 bridgehead atoms. The number of Topliss-reactive ketones (excluding diaryl/α,β-unsaturated/α-hetero) is 1. The van der Waals surface area contributed by atoms with E-state index in [1.807, 2.05) is 13.0 Å². The second-order valence-electron chi connectivity index (χ2n) is 7.04. The standard InChI is InChI=1S/C25H18O5S/c1-17-12-13-22-21(14-17)24(26)19(16-30-22)15-23(25(27)18-8-4-2-5-9-18)31(28,29)20-10-6-3-7-11-20/h2-16H,1H3/b23-15-. The Kier molecular flexibility index (Phi) is 5.40. The molecule has 0 saturated heterocycles. The van der Waals surface area contributed by atoms with Crippen molar-refractivity contribution in [2.45, 2.75) is 11.8 Å². The summed E-state index contributed by atoms with van der Waals surface area (Å²) in [5, 5.41) is 0.317. The Labute approximate surface area is 179 Å². The van der Waals surface area contributed by atoms with E-state index in [4.69, 9.17) is 4.42 Å². The molecular weight excluding hydrogens is 412 g/mol. The van der Waals surface area contributed by atoms with Crippen LogP contribution in [0.2, 0.25) is 0 Å². The average Bonchev–Trinajstić information content (AvgIpc) is 2.79. The number of allylic oxidation sites excluding steroid dienone is 1. The van der Waals surface area contributed by atoms with Crippen LogP contribution in [0.3, 0.4) is 0 Å². The molecule has 3 aromatic carbocycles. The van der Waals surface area contributed by atoms with Crippen molar-refractivity contribution >= 4 is 32.7 Å². The van der Waals surface area contributed by atoms with Crippen LogP contribution in [-0.2, 0) is 9.84 Å². The number of sulfone groups is 1. The van der Waals surface area contributed by atoms with E-state index >= 15 is 0 Å². The first kappa shape index (κ1) is 20.5. The summed E-state index contributed by atoms with van der Waals surface area (Å²) in [6, 6.07) is 20.9. The van der Waals surface area contributed by atoms with Crippen LogP contribution in [0.1, 0.15) is 21.5 Å². The highest BCUT2D eigenvalue weighted by Crippen LogP contribution is 2.25. The predicted molar refractivity (Wildman–Crippen MR) is 120 cm³/mol. The van der Waals surface area contributed by atoms with Gasteiger partial charge in [0.2, 0.25) is 15.6 Å². The van der Waals surface area contributed by atoms with Gasteiger partial charge in [-0.1, -0.05) is 60.2 Å². The largest absolute Gasteiger partial charge is 0.463 e. The fourth-order valence-electron chi connectivity index (χ4n) is 3.22. The van der Waals surface area contributed by atoms with Crippen LogP contribution in [0.5, 0.6) is 0 Å². The quantitative estimate of drug-likeness (QED) is 0.336. The number of hydrogen-bond donors (Lipinski definition) is 0. The SMILES string of the molecule is Cc1ccc2occ(/C=C(/C(=O)c3ccccc3)S(=O)(=O)c3ccccc3)c(=O)c2c1. The molecule has 0 amide bonds. The molecule has 0 radical (unpaired) electrons. The zero-order valence-corrected chi connectivity index (χ0v) is 17.4. The molecule has 0 saturated carbocycles. The van der Waals surface area contributed by atoms with Crippen LogP contribution in [0.15, 0.2) is 104 Å². The maximum Gasteiger partial charge on any atom is 0.210 e. The minimum Gasteiger partial charge on any atom is -0.463 e. The van der Waals surface area contributed by atoms with Crippen molar-refractivity contribution in [3.05, 3.63) is 117 Å². The van der Waals surface area contributed by atoms with Gasteiger partial charge in [-0.2, -0.15) is 0 Å². The summed E-state index contributed by atoms with van der Waals surface area (Å²) >= 11 is 0. The molecule has 0 atom stereocenters. The Hall–Kier alpha value is -3.77. The number of ketones is 1. The van der Waals surface area contributed by atoms with E-state index in [0.29, 0.717) is 11.0 Å². The lowest BCUT2D eigenvalue weighted by molar-refractivity contribution is 0.104. The molecule has 4 aromatic rings. The lowest BCUT2D eigenvalue weighted by Gasteiger charge is -2.09. The first-order valence-electron chi connectivity index (χ1n) is 9.52. The van der Waals surface area contributed by atoms with E-state index in [1.54, 1.807) is 48.5 Å². The maximum absolute atomic E-state index is 13.4. The zero-order chi connectivity index (χ0) is 22.0. The van der Waals surface area contributed by atoms with E-state index in [0.717, 1.165) is 11.6 Å². The first-order valence-corrected chi connectivity index (χ1v) is 11.0. The summed E-state index contributed by atoms with van der Waals surface area (Å²) in [5.74, 6) is -0.701. The van der Waals surface area contributed by atoms with Gasteiger partial charge >= 0.3 is 0 Å². The van der Waals surface area contributed by atoms with Crippen LogP contribution in [0, 0.1) is 6.92 Å². The second kappa shape index (κ2) is 8.16. The number of hydrogen-bond acceptors (Lipinski definition) is 5. The van der Waals surface area contributed by atoms with Gasteiger partial charge in [0.25, 0.3) is 0 Å². The van der Waals surface area contributed by atoms with Crippen molar-refractivity contribution in [3.8, 4) is 0 Å². The highest BCUT2D eigenvalue weighted by Gasteiger charge is 2.28. The van der Waals surface area contributed by atoms with Gasteiger partial charge in [0.15, 0.2) is 5.43 Å². The first-order chi connectivity index (χ1) is 14.9. The van der Waals surface area contributed by atoms with E-state index < -0.39 is 26.0 Å². The van der Waals surface area contributed by atoms with Crippen molar-refractivity contribution in [3.63, 3.8) is 0 Å². The molecule has 0 aliphatic rings. The van der Waals surface area contributed by atoms with Gasteiger partial charge in [0.1, 0.15) is 16.8 Å². The Bertz CT molecular complexity index is 1470. The van der Waals surface area contributed by atoms with Crippen molar-refractivity contribution in [2.24, 2.45) is 0 Å². The molecule has 0 unspecified atom stereocenters. The topological polar surface area (TPSA) is 81.4 Å². The Morgan fingerprint density at radius 1 is 0.903 bits per heavy atom. The fourth-order valence-corrected chi connectivity index (χ4v) is 4.64. The molecule has 1 aromatic heterocycles. The van der Waals surface area contributed by atoms with Gasteiger partial charge in [-0.05, 0) is 37.3 Å². The molecule has 0 N–H and O–H groups in total. The van der Waals surface area contributed by atoms with Gasteiger partial charge in [-0.15, -0.1) is 0 Å². The van der Waals surface area contributed by atoms with Gasteiger partial charge in [-0.3, -0.25) is 9.59 Å². The summed E-state index contributed by atoms with van der Waals surface area (Å²) in [5.41, 5.74) is 1.02. The molecule has 0 aliphatic heterocycles. The second-order valence-corrected chi connectivity index (χ2v) is 8.96. The summed E-state index contributed by atoms with van der Waals surface area (Å²) in [4.78, 5) is 25.7. The van der Waals surface area contributed by atoms with Crippen LogP contribution < -0.4 is 5.43 Å². The van der Waals surface area contributed by atoms with Gasteiger partial charge in [-0.25, -0.2) is 8.42 Å². The van der Waals surface area contributed by atoms with Gasteiger partial charge in [0, 0.05) is 5.56 Å². The molecule has 0 spiro atoms. The third-order valence-electron chi connectivity index (χ3n) is 4.84. The van der Waals surface area contributed by atoms with Crippen LogP contribution in [0.4, 0.5) is 0 Å². The summed E-state index contributed by atoms with van der Waals surface area (Å²) < 4.78 is 32.3. The number of fused-ring (bicyclic) bond motifs is 1.